The minimum atomic E-state index is 0.117. The molecule has 4 heteroatoms. The van der Waals surface area contributed by atoms with E-state index < -0.39 is 0 Å². The predicted molar refractivity (Wildman–Crippen MR) is 33.3 cm³/mol. The van der Waals surface area contributed by atoms with Gasteiger partial charge in [0.2, 0.25) is 5.91 Å². The van der Waals surface area contributed by atoms with E-state index in [-0.39, 0.29) is 10.2 Å². The zero-order chi connectivity index (χ0) is 5.28. The van der Waals surface area contributed by atoms with Crippen molar-refractivity contribution < 1.29 is 4.79 Å². The summed E-state index contributed by atoms with van der Waals surface area (Å²) in [5.74, 6) is 0.711. The number of amides is 1. The van der Waals surface area contributed by atoms with Crippen LogP contribution in [0.5, 0.6) is 0 Å². The number of nitrogens with one attached hydrogen (secondary N) is 1. The number of carbonyl (C=O) groups excluding carboxylic acids is 1. The lowest BCUT2D eigenvalue weighted by Gasteiger charge is -1.92. The molecule has 0 aromatic heterocycles. The highest BCUT2D eigenvalue weighted by Gasteiger charge is 2.16. The summed E-state index contributed by atoms with van der Waals surface area (Å²) in [5.41, 5.74) is 0. The standard InChI is InChI=1S/C3H4BrNOS/c4-3-5-2(6)1-7-3/h3H,1H2,(H,5,6). The van der Waals surface area contributed by atoms with Crippen molar-refractivity contribution in [3.8, 4) is 0 Å². The maximum Gasteiger partial charge on any atom is 0.231 e. The van der Waals surface area contributed by atoms with Gasteiger partial charge in [0, 0.05) is 0 Å². The molecule has 1 fully saturated rings. The lowest BCUT2D eigenvalue weighted by molar-refractivity contribution is -0.117. The first-order valence-corrected chi connectivity index (χ1v) is 3.80. The van der Waals surface area contributed by atoms with Gasteiger partial charge < -0.3 is 5.32 Å². The van der Waals surface area contributed by atoms with E-state index >= 15 is 0 Å². The van der Waals surface area contributed by atoms with E-state index in [0.717, 1.165) is 0 Å². The highest BCUT2D eigenvalue weighted by atomic mass is 79.9. The molecule has 1 heterocycles. The molecule has 1 aliphatic heterocycles. The van der Waals surface area contributed by atoms with E-state index in [1.165, 1.54) is 0 Å². The van der Waals surface area contributed by atoms with E-state index in [1.54, 1.807) is 11.8 Å². The lowest BCUT2D eigenvalue weighted by atomic mass is 10.7. The van der Waals surface area contributed by atoms with Gasteiger partial charge in [-0.05, 0) is 0 Å². The van der Waals surface area contributed by atoms with Crippen molar-refractivity contribution in [3.63, 3.8) is 0 Å². The third-order valence-corrected chi connectivity index (χ3v) is 2.50. The third kappa shape index (κ3) is 1.35. The van der Waals surface area contributed by atoms with Gasteiger partial charge in [-0.15, -0.1) is 11.8 Å². The average molecular weight is 182 g/mol. The van der Waals surface area contributed by atoms with Gasteiger partial charge in [-0.25, -0.2) is 0 Å². The number of carbonyl (C=O) groups is 1. The normalized spacial score (nSPS) is 30.4. The van der Waals surface area contributed by atoms with Crippen LogP contribution in [0.15, 0.2) is 0 Å². The lowest BCUT2D eigenvalue weighted by Crippen LogP contribution is -2.19. The Hall–Kier alpha value is 0.300. The topological polar surface area (TPSA) is 29.1 Å². The van der Waals surface area contributed by atoms with Crippen LogP contribution < -0.4 is 5.32 Å². The molecular weight excluding hydrogens is 178 g/mol. The molecule has 1 N–H and O–H groups in total. The second-order valence-electron chi connectivity index (χ2n) is 1.19. The van der Waals surface area contributed by atoms with Crippen LogP contribution >= 0.6 is 27.7 Å². The summed E-state index contributed by atoms with van der Waals surface area (Å²) in [7, 11) is 0. The molecule has 1 saturated heterocycles. The van der Waals surface area contributed by atoms with Crippen molar-refractivity contribution in [1.82, 2.24) is 5.32 Å². The van der Waals surface area contributed by atoms with Gasteiger partial charge >= 0.3 is 0 Å². The largest absolute Gasteiger partial charge is 0.334 e. The van der Waals surface area contributed by atoms with Crippen molar-refractivity contribution in [2.45, 2.75) is 4.28 Å². The Morgan fingerprint density at radius 2 is 2.71 bits per heavy atom. The fourth-order valence-electron chi connectivity index (χ4n) is 0.359. The van der Waals surface area contributed by atoms with Gasteiger partial charge in [0.05, 0.1) is 5.75 Å². The molecule has 0 aliphatic carbocycles. The Balaban J connectivity index is 2.40. The minimum Gasteiger partial charge on any atom is -0.334 e. The van der Waals surface area contributed by atoms with E-state index in [9.17, 15) is 4.79 Å². The van der Waals surface area contributed by atoms with Crippen LogP contribution in [0.3, 0.4) is 0 Å². The predicted octanol–water partition coefficient (Wildman–Crippen LogP) is 0.528. The summed E-state index contributed by atoms with van der Waals surface area (Å²) in [6.07, 6.45) is 0. The SMILES string of the molecule is O=C1CSC(Br)N1. The number of alkyl halides is 1. The molecule has 40 valence electrons. The maximum atomic E-state index is 10.3. The number of hydrogen-bond acceptors (Lipinski definition) is 2. The molecule has 1 aliphatic rings. The fourth-order valence-corrected chi connectivity index (χ4v) is 1.61. The van der Waals surface area contributed by atoms with Gasteiger partial charge in [-0.3, -0.25) is 4.79 Å². The second-order valence-corrected chi connectivity index (χ2v) is 3.81. The minimum absolute atomic E-state index is 0.117. The quantitative estimate of drug-likeness (QED) is 0.437. The van der Waals surface area contributed by atoms with E-state index in [2.05, 4.69) is 21.2 Å². The summed E-state index contributed by atoms with van der Waals surface area (Å²) in [6, 6.07) is 0. The zero-order valence-corrected chi connectivity index (χ0v) is 5.88. The van der Waals surface area contributed by atoms with Crippen LogP contribution in [0.1, 0.15) is 0 Å². The number of rotatable bonds is 0. The molecular formula is C3H4BrNOS. The summed E-state index contributed by atoms with van der Waals surface area (Å²) < 4.78 is 0.153. The van der Waals surface area contributed by atoms with Crippen LogP contribution in [0.4, 0.5) is 0 Å². The molecule has 1 atom stereocenters. The number of halogens is 1. The zero-order valence-electron chi connectivity index (χ0n) is 3.48. The molecule has 1 unspecified atom stereocenters. The van der Waals surface area contributed by atoms with Crippen molar-refractivity contribution >= 4 is 33.6 Å². The summed E-state index contributed by atoms with van der Waals surface area (Å²) in [5, 5.41) is 2.66. The Labute approximate surface area is 54.2 Å². The molecule has 7 heavy (non-hydrogen) atoms. The van der Waals surface area contributed by atoms with Crippen molar-refractivity contribution in [2.75, 3.05) is 5.75 Å². The second kappa shape index (κ2) is 2.05. The monoisotopic (exact) mass is 181 g/mol. The molecule has 0 spiro atoms. The third-order valence-electron chi connectivity index (χ3n) is 0.635. The summed E-state index contributed by atoms with van der Waals surface area (Å²) >= 11 is 4.77. The van der Waals surface area contributed by atoms with Crippen LogP contribution in [0.25, 0.3) is 0 Å². The molecule has 0 saturated carbocycles. The molecule has 0 bridgehead atoms. The van der Waals surface area contributed by atoms with E-state index in [4.69, 9.17) is 0 Å². The highest BCUT2D eigenvalue weighted by molar-refractivity contribution is 9.11. The average Bonchev–Trinajstić information content (AvgIpc) is 1.87. The van der Waals surface area contributed by atoms with Gasteiger partial charge in [-0.1, -0.05) is 15.9 Å². The van der Waals surface area contributed by atoms with Crippen molar-refractivity contribution in [2.24, 2.45) is 0 Å². The van der Waals surface area contributed by atoms with Gasteiger partial charge in [0.25, 0.3) is 0 Å². The van der Waals surface area contributed by atoms with Gasteiger partial charge in [0.15, 0.2) is 0 Å². The molecule has 0 aromatic rings. The first kappa shape index (κ1) is 5.44. The van der Waals surface area contributed by atoms with Crippen molar-refractivity contribution in [1.29, 1.82) is 0 Å². The Morgan fingerprint density at radius 1 is 2.00 bits per heavy atom. The highest BCUT2D eigenvalue weighted by Crippen LogP contribution is 2.18. The molecule has 0 radical (unpaired) electrons. The number of thioether (sulfide) groups is 1. The van der Waals surface area contributed by atoms with E-state index in [1.807, 2.05) is 0 Å². The summed E-state index contributed by atoms with van der Waals surface area (Å²) in [4.78, 5) is 10.3. The Morgan fingerprint density at radius 3 is 2.86 bits per heavy atom. The maximum absolute atomic E-state index is 10.3. The fraction of sp³-hybridized carbons (Fsp3) is 0.667. The van der Waals surface area contributed by atoms with E-state index in [0.29, 0.717) is 5.75 Å². The number of hydrogen-bond donors (Lipinski definition) is 1. The first-order chi connectivity index (χ1) is 3.29. The Kier molecular flexibility index (Phi) is 1.59. The van der Waals surface area contributed by atoms with Gasteiger partial charge in [-0.2, -0.15) is 0 Å². The van der Waals surface area contributed by atoms with Crippen LogP contribution in [0.2, 0.25) is 0 Å². The molecule has 1 rings (SSSR count). The molecule has 0 aromatic carbocycles. The smallest absolute Gasteiger partial charge is 0.231 e. The molecule has 2 nitrogen and oxygen atoms in total. The summed E-state index contributed by atoms with van der Waals surface area (Å²) in [6.45, 7) is 0. The van der Waals surface area contributed by atoms with Crippen molar-refractivity contribution in [3.05, 3.63) is 0 Å². The van der Waals surface area contributed by atoms with Crippen LogP contribution in [-0.4, -0.2) is 15.9 Å². The van der Waals surface area contributed by atoms with Crippen LogP contribution in [0, 0.1) is 0 Å². The molecule has 1 amide bonds. The first-order valence-electron chi connectivity index (χ1n) is 1.84. The van der Waals surface area contributed by atoms with Gasteiger partial charge in [0.1, 0.15) is 4.28 Å². The Bertz CT molecular complexity index is 96.9. The van der Waals surface area contributed by atoms with Crippen LogP contribution in [-0.2, 0) is 4.79 Å².